The van der Waals surface area contributed by atoms with E-state index >= 15 is 0 Å². The number of H-pyrrole nitrogens is 5. The summed E-state index contributed by atoms with van der Waals surface area (Å²) in [7, 11) is 0. The summed E-state index contributed by atoms with van der Waals surface area (Å²) < 4.78 is 0. The van der Waals surface area contributed by atoms with Crippen LogP contribution in [0.1, 0.15) is 33.9 Å². The molecule has 8 aromatic heterocycles. The van der Waals surface area contributed by atoms with Crippen LogP contribution in [-0.4, -0.2) is 50.1 Å². The van der Waals surface area contributed by atoms with Crippen LogP contribution in [0.2, 0.25) is 0 Å². The summed E-state index contributed by atoms with van der Waals surface area (Å²) in [4.78, 5) is 40.5. The molecule has 302 valence electrons. The summed E-state index contributed by atoms with van der Waals surface area (Å²) in [6.45, 7) is 8.16. The number of para-hydroxylation sites is 1. The maximum Gasteiger partial charge on any atom is 0.180 e. The van der Waals surface area contributed by atoms with Gasteiger partial charge in [0.1, 0.15) is 0 Å². The van der Waals surface area contributed by atoms with Crippen molar-refractivity contribution < 1.29 is 10.2 Å². The van der Waals surface area contributed by atoms with Crippen LogP contribution in [0, 0.1) is 27.7 Å². The van der Waals surface area contributed by atoms with E-state index in [9.17, 15) is 4.79 Å². The molecule has 0 fully saturated rings. The maximum absolute atomic E-state index is 11.2. The van der Waals surface area contributed by atoms with Gasteiger partial charge < -0.3 is 35.1 Å². The SMILES string of the molecule is Cc1[nH]ccc2c1[nH]c1cc(=O)ccc12.Cc1nccc2c1[nH]c1cc(CO)ccc12.Cc1nccc2c1[nH]c1cc(CO)ccc12.Cc1nccc2c1[nH]c1ccccc12. The number of nitrogens with zero attached hydrogens (tertiary/aromatic N) is 3. The fourth-order valence-electron chi connectivity index (χ4n) is 8.12. The van der Waals surface area contributed by atoms with E-state index in [2.05, 4.69) is 64.1 Å². The summed E-state index contributed by atoms with van der Waals surface area (Å²) in [5.74, 6) is 0. The number of benzene rings is 4. The molecule has 0 saturated carbocycles. The van der Waals surface area contributed by atoms with Crippen molar-refractivity contribution in [3.05, 3.63) is 172 Å². The van der Waals surface area contributed by atoms with Crippen LogP contribution in [0.25, 0.3) is 87.2 Å². The molecule has 11 nitrogen and oxygen atoms in total. The zero-order chi connectivity index (χ0) is 42.2. The minimum absolute atomic E-state index is 0.0377. The smallest absolute Gasteiger partial charge is 0.180 e. The van der Waals surface area contributed by atoms with Crippen LogP contribution in [0.15, 0.2) is 133 Å². The number of pyridine rings is 4. The lowest BCUT2D eigenvalue weighted by Gasteiger charge is -1.95. The molecule has 0 saturated heterocycles. The summed E-state index contributed by atoms with van der Waals surface area (Å²) in [6.07, 6.45) is 7.42. The lowest BCUT2D eigenvalue weighted by atomic mass is 10.1. The first-order chi connectivity index (χ1) is 29.7. The van der Waals surface area contributed by atoms with Crippen molar-refractivity contribution in [3.8, 4) is 0 Å². The van der Waals surface area contributed by atoms with Crippen molar-refractivity contribution in [2.45, 2.75) is 40.9 Å². The highest BCUT2D eigenvalue weighted by Crippen LogP contribution is 2.29. The third kappa shape index (κ3) is 7.37. The van der Waals surface area contributed by atoms with Crippen LogP contribution < -0.4 is 5.43 Å². The van der Waals surface area contributed by atoms with Gasteiger partial charge in [-0.15, -0.1) is 0 Å². The Morgan fingerprint density at radius 3 is 1.39 bits per heavy atom. The van der Waals surface area contributed by atoms with Crippen molar-refractivity contribution in [1.82, 2.24) is 39.9 Å². The summed E-state index contributed by atoms with van der Waals surface area (Å²) in [5.41, 5.74) is 14.6. The van der Waals surface area contributed by atoms with Gasteiger partial charge in [-0.3, -0.25) is 19.7 Å². The van der Waals surface area contributed by atoms with Crippen molar-refractivity contribution >= 4 is 87.2 Å². The van der Waals surface area contributed by atoms with E-state index in [4.69, 9.17) is 10.2 Å². The number of aromatic nitrogens is 8. The zero-order valence-corrected chi connectivity index (χ0v) is 34.2. The second-order valence-corrected chi connectivity index (χ2v) is 15.2. The summed E-state index contributed by atoms with van der Waals surface area (Å²) in [5, 5.41) is 27.7. The molecule has 0 radical (unpaired) electrons. The fraction of sp³-hybridized carbons (Fsp3) is 0.120. The number of aryl methyl sites for hydroxylation is 4. The molecule has 4 aromatic carbocycles. The van der Waals surface area contributed by atoms with E-state index < -0.39 is 0 Å². The predicted octanol–water partition coefficient (Wildman–Crippen LogP) is 10.4. The number of aliphatic hydroxyl groups excluding tert-OH is 2. The Morgan fingerprint density at radius 1 is 0.443 bits per heavy atom. The first-order valence-electron chi connectivity index (χ1n) is 20.1. The summed E-state index contributed by atoms with van der Waals surface area (Å²) >= 11 is 0. The average Bonchev–Trinajstić information content (AvgIpc) is 4.06. The molecule has 0 aliphatic heterocycles. The second-order valence-electron chi connectivity index (χ2n) is 15.2. The van der Waals surface area contributed by atoms with Crippen molar-refractivity contribution in [2.75, 3.05) is 0 Å². The van der Waals surface area contributed by atoms with Gasteiger partial charge in [-0.1, -0.05) is 42.5 Å². The standard InChI is InChI=1S/2C13H12N2O.C12H10N2O.C12H10N2/c2*1-8-13-11(4-5-14-8)10-3-2-9(7-16)6-12(10)15-13;1-7-12-10(4-5-13-7)9-3-2-8(15)6-11(9)14-12;1-8-12-10(6-7-13-8)9-4-2-3-5-11(9)14-12/h2*2-6,15-16H,7H2,1H3;2-6,13-14H,1H3;2-7,14H,1H3. The van der Waals surface area contributed by atoms with E-state index in [1.54, 1.807) is 12.1 Å². The normalized spacial score (nSPS) is 11.3. The van der Waals surface area contributed by atoms with E-state index in [1.165, 1.54) is 37.8 Å². The third-order valence-electron chi connectivity index (χ3n) is 11.3. The van der Waals surface area contributed by atoms with E-state index in [0.29, 0.717) is 0 Å². The van der Waals surface area contributed by atoms with Gasteiger partial charge >= 0.3 is 0 Å². The third-order valence-corrected chi connectivity index (χ3v) is 11.3. The van der Waals surface area contributed by atoms with Crippen LogP contribution in [0.3, 0.4) is 0 Å². The molecular weight excluding hydrogens is 761 g/mol. The minimum atomic E-state index is 0.0377. The quantitative estimate of drug-likeness (QED) is 0.0915. The van der Waals surface area contributed by atoms with Crippen molar-refractivity contribution in [2.24, 2.45) is 0 Å². The van der Waals surface area contributed by atoms with Gasteiger partial charge in [0.25, 0.3) is 0 Å². The number of nitrogens with one attached hydrogen (secondary N) is 5. The molecule has 12 aromatic rings. The van der Waals surface area contributed by atoms with Gasteiger partial charge in [0.05, 0.1) is 57.9 Å². The number of hydrogen-bond donors (Lipinski definition) is 7. The fourth-order valence-corrected chi connectivity index (χ4v) is 8.12. The van der Waals surface area contributed by atoms with Crippen LogP contribution in [0.5, 0.6) is 0 Å². The monoisotopic (exact) mass is 804 g/mol. The number of rotatable bonds is 2. The molecule has 12 rings (SSSR count). The molecule has 11 heteroatoms. The van der Waals surface area contributed by atoms with E-state index in [-0.39, 0.29) is 18.6 Å². The molecule has 0 bridgehead atoms. The predicted molar refractivity (Wildman–Crippen MR) is 248 cm³/mol. The van der Waals surface area contributed by atoms with Gasteiger partial charge in [0.2, 0.25) is 0 Å². The zero-order valence-electron chi connectivity index (χ0n) is 34.2. The summed E-state index contributed by atoms with van der Waals surface area (Å²) in [6, 6.07) is 33.5. The van der Waals surface area contributed by atoms with Crippen molar-refractivity contribution in [3.63, 3.8) is 0 Å². The molecular formula is C50H44N8O3. The molecule has 0 aliphatic rings. The average molecular weight is 805 g/mol. The molecule has 7 N–H and O–H groups in total. The molecule has 0 amide bonds. The Hall–Kier alpha value is -7.60. The van der Waals surface area contributed by atoms with Gasteiger partial charge in [-0.2, -0.15) is 0 Å². The first-order valence-corrected chi connectivity index (χ1v) is 20.1. The van der Waals surface area contributed by atoms with Crippen LogP contribution in [0.4, 0.5) is 0 Å². The Bertz CT molecular complexity index is 3490. The largest absolute Gasteiger partial charge is 0.392 e. The Morgan fingerprint density at radius 2 is 0.869 bits per heavy atom. The molecule has 0 aliphatic carbocycles. The van der Waals surface area contributed by atoms with Gasteiger partial charge in [-0.25, -0.2) is 0 Å². The van der Waals surface area contributed by atoms with Crippen molar-refractivity contribution in [1.29, 1.82) is 0 Å². The molecule has 8 heterocycles. The highest BCUT2D eigenvalue weighted by Gasteiger charge is 2.09. The van der Waals surface area contributed by atoms with E-state index in [1.807, 2.05) is 119 Å². The second kappa shape index (κ2) is 16.2. The van der Waals surface area contributed by atoms with Crippen LogP contribution >= 0.6 is 0 Å². The van der Waals surface area contributed by atoms with Gasteiger partial charge in [0, 0.05) is 96.2 Å². The Balaban J connectivity index is 0.000000104. The molecule has 0 spiro atoms. The van der Waals surface area contributed by atoms with Crippen LogP contribution in [-0.2, 0) is 13.2 Å². The minimum Gasteiger partial charge on any atom is -0.392 e. The Labute approximate surface area is 349 Å². The van der Waals surface area contributed by atoms with Gasteiger partial charge in [0.15, 0.2) is 5.43 Å². The highest BCUT2D eigenvalue weighted by molar-refractivity contribution is 6.10. The number of aromatic amines is 5. The number of fused-ring (bicyclic) bond motifs is 12. The number of hydrogen-bond acceptors (Lipinski definition) is 6. The molecule has 0 atom stereocenters. The maximum atomic E-state index is 11.2. The topological polar surface area (TPSA) is 175 Å². The molecule has 0 unspecified atom stereocenters. The lowest BCUT2D eigenvalue weighted by molar-refractivity contribution is 0.282. The highest BCUT2D eigenvalue weighted by atomic mass is 16.3. The van der Waals surface area contributed by atoms with Gasteiger partial charge in [-0.05, 0) is 93.4 Å². The lowest BCUT2D eigenvalue weighted by Crippen LogP contribution is -1.93. The first kappa shape index (κ1) is 38.9. The van der Waals surface area contributed by atoms with E-state index in [0.717, 1.165) is 83.3 Å². The number of aliphatic hydroxyl groups is 2. The Kier molecular flexibility index (Phi) is 10.3. The molecule has 61 heavy (non-hydrogen) atoms.